The van der Waals surface area contributed by atoms with Crippen molar-refractivity contribution in [1.82, 2.24) is 0 Å². The van der Waals surface area contributed by atoms with Gasteiger partial charge in [0, 0.05) is 18.9 Å². The molecule has 0 unspecified atom stereocenters. The fourth-order valence-electron chi connectivity index (χ4n) is 1.58. The van der Waals surface area contributed by atoms with Gasteiger partial charge in [0.15, 0.2) is 0 Å². The minimum absolute atomic E-state index is 0. The van der Waals surface area contributed by atoms with Crippen molar-refractivity contribution in [2.24, 2.45) is 5.92 Å². The summed E-state index contributed by atoms with van der Waals surface area (Å²) in [6.45, 7) is 0. The normalized spacial score (nSPS) is 17.9. The Bertz CT molecular complexity index is 188. The predicted molar refractivity (Wildman–Crippen MR) is 47.5 cm³/mol. The van der Waals surface area contributed by atoms with Crippen molar-refractivity contribution >= 4 is 18.9 Å². The molecule has 1 aliphatic rings. The van der Waals surface area contributed by atoms with Gasteiger partial charge in [-0.25, -0.2) is 0 Å². The Hall–Kier alpha value is 0.295. The zero-order chi connectivity index (χ0) is 8.10. The summed E-state index contributed by atoms with van der Waals surface area (Å²) in [6, 6.07) is 0. The molecule has 0 bridgehead atoms. The third-order valence-corrected chi connectivity index (χ3v) is 2.22. The third kappa shape index (κ3) is 5.57. The SMILES string of the molecule is [C]#C/C=C(\[O-])C1CCCCC1.[Li+].[Li]. The van der Waals surface area contributed by atoms with Gasteiger partial charge in [0.25, 0.3) is 0 Å². The van der Waals surface area contributed by atoms with Crippen molar-refractivity contribution in [3.8, 4) is 5.92 Å². The van der Waals surface area contributed by atoms with E-state index in [1.165, 1.54) is 25.3 Å². The van der Waals surface area contributed by atoms with Gasteiger partial charge in [-0.2, -0.15) is 0 Å². The van der Waals surface area contributed by atoms with Crippen LogP contribution in [0.15, 0.2) is 11.8 Å². The molecule has 60 valence electrons. The molecule has 1 rings (SSSR count). The molecule has 0 amide bonds. The fourth-order valence-corrected chi connectivity index (χ4v) is 1.58. The van der Waals surface area contributed by atoms with Crippen molar-refractivity contribution in [3.05, 3.63) is 18.3 Å². The van der Waals surface area contributed by atoms with E-state index >= 15 is 0 Å². The zero-order valence-corrected chi connectivity index (χ0v) is 8.60. The minimum atomic E-state index is 0. The summed E-state index contributed by atoms with van der Waals surface area (Å²) in [4.78, 5) is 0. The Morgan fingerprint density at radius 2 is 1.85 bits per heavy atom. The maximum atomic E-state index is 11.2. The molecule has 0 aliphatic heterocycles. The second kappa shape index (κ2) is 8.87. The van der Waals surface area contributed by atoms with Crippen LogP contribution >= 0.6 is 0 Å². The molecule has 3 heteroatoms. The van der Waals surface area contributed by atoms with Crippen LogP contribution in [0, 0.1) is 18.3 Å². The van der Waals surface area contributed by atoms with E-state index in [-0.39, 0.29) is 49.4 Å². The van der Waals surface area contributed by atoms with Gasteiger partial charge < -0.3 is 5.11 Å². The van der Waals surface area contributed by atoms with Gasteiger partial charge in [0.1, 0.15) is 0 Å². The minimum Gasteiger partial charge on any atom is -0.875 e. The molecule has 1 nitrogen and oxygen atoms in total. The largest absolute Gasteiger partial charge is 1.00 e. The molecule has 0 heterocycles. The summed E-state index contributed by atoms with van der Waals surface area (Å²) >= 11 is 0. The Labute approximate surface area is 105 Å². The van der Waals surface area contributed by atoms with Crippen molar-refractivity contribution in [2.45, 2.75) is 32.1 Å². The summed E-state index contributed by atoms with van der Waals surface area (Å²) < 4.78 is 0. The third-order valence-electron chi connectivity index (χ3n) is 2.22. The molecule has 1 aliphatic carbocycles. The molecule has 0 N–H and O–H groups in total. The van der Waals surface area contributed by atoms with Crippen molar-refractivity contribution < 1.29 is 24.0 Å². The van der Waals surface area contributed by atoms with E-state index < -0.39 is 0 Å². The van der Waals surface area contributed by atoms with Crippen LogP contribution in [0.4, 0.5) is 0 Å². The van der Waals surface area contributed by atoms with Gasteiger partial charge in [0.2, 0.25) is 0 Å². The second-order valence-corrected chi connectivity index (χ2v) is 3.03. The first-order valence-corrected chi connectivity index (χ1v) is 4.14. The zero-order valence-electron chi connectivity index (χ0n) is 8.60. The van der Waals surface area contributed by atoms with Crippen LogP contribution in [0.2, 0.25) is 0 Å². The number of hydrogen-bond donors (Lipinski definition) is 0. The van der Waals surface area contributed by atoms with Crippen molar-refractivity contribution in [1.29, 1.82) is 0 Å². The maximum absolute atomic E-state index is 11.2. The van der Waals surface area contributed by atoms with Gasteiger partial charge in [-0.3, -0.25) is 0 Å². The Kier molecular flexibility index (Phi) is 10.8. The second-order valence-electron chi connectivity index (χ2n) is 3.03. The molecule has 1 fully saturated rings. The van der Waals surface area contributed by atoms with E-state index in [2.05, 4.69) is 0 Å². The molecule has 0 saturated heterocycles. The summed E-state index contributed by atoms with van der Waals surface area (Å²) in [5.41, 5.74) is 0. The molecule has 13 heavy (non-hydrogen) atoms. The van der Waals surface area contributed by atoms with Gasteiger partial charge in [-0.1, -0.05) is 25.2 Å². The standard InChI is InChI=1S/C10H13O.2Li/c1-2-6-10(11)9-7-4-3-5-8-9;;/h6,9,11H,3-5,7-8H2;;/q;;+1/p-1/b10-6-;;. The van der Waals surface area contributed by atoms with Crippen LogP contribution in [-0.2, 0) is 0 Å². The summed E-state index contributed by atoms with van der Waals surface area (Å²) in [5, 5.41) is 11.2. The van der Waals surface area contributed by atoms with E-state index in [0.29, 0.717) is 0 Å². The topological polar surface area (TPSA) is 23.1 Å². The Morgan fingerprint density at radius 3 is 2.31 bits per heavy atom. The molecule has 2 radical (unpaired) electrons. The Morgan fingerprint density at radius 1 is 1.31 bits per heavy atom. The summed E-state index contributed by atoms with van der Waals surface area (Å²) in [6.07, 6.45) is 13.5. The molecule has 0 aromatic carbocycles. The van der Waals surface area contributed by atoms with Gasteiger partial charge >= 0.3 is 18.9 Å². The fraction of sp³-hybridized carbons (Fsp3) is 0.600. The molecule has 0 spiro atoms. The van der Waals surface area contributed by atoms with Gasteiger partial charge in [-0.05, 0) is 31.3 Å². The predicted octanol–water partition coefficient (Wildman–Crippen LogP) is -1.98. The van der Waals surface area contributed by atoms with Crippen LogP contribution in [0.25, 0.3) is 0 Å². The van der Waals surface area contributed by atoms with Crippen LogP contribution in [0.1, 0.15) is 32.1 Å². The summed E-state index contributed by atoms with van der Waals surface area (Å²) in [5.74, 6) is 2.33. The molecule has 0 aromatic rings. The Balaban J connectivity index is 0. The van der Waals surface area contributed by atoms with Crippen LogP contribution in [0.5, 0.6) is 0 Å². The van der Waals surface area contributed by atoms with E-state index in [4.69, 9.17) is 6.42 Å². The molecular formula is C10H12Li2O. The molecule has 0 atom stereocenters. The number of hydrogen-bond acceptors (Lipinski definition) is 1. The first kappa shape index (κ1) is 15.8. The number of allylic oxidation sites excluding steroid dienone is 2. The van der Waals surface area contributed by atoms with E-state index in [9.17, 15) is 5.11 Å². The summed E-state index contributed by atoms with van der Waals surface area (Å²) in [7, 11) is 0. The smallest absolute Gasteiger partial charge is 0.875 e. The van der Waals surface area contributed by atoms with Gasteiger partial charge in [-0.15, -0.1) is 5.76 Å². The average molecular weight is 162 g/mol. The average Bonchev–Trinajstić information content (AvgIpc) is 2.07. The van der Waals surface area contributed by atoms with Crippen molar-refractivity contribution in [3.63, 3.8) is 0 Å². The first-order valence-electron chi connectivity index (χ1n) is 4.14. The van der Waals surface area contributed by atoms with Gasteiger partial charge in [0.05, 0.1) is 0 Å². The van der Waals surface area contributed by atoms with Crippen molar-refractivity contribution in [2.75, 3.05) is 0 Å². The maximum Gasteiger partial charge on any atom is 1.00 e. The molecule has 1 saturated carbocycles. The van der Waals surface area contributed by atoms with Crippen LogP contribution < -0.4 is 24.0 Å². The van der Waals surface area contributed by atoms with E-state index in [0.717, 1.165) is 12.8 Å². The van der Waals surface area contributed by atoms with Crippen LogP contribution in [0.3, 0.4) is 0 Å². The van der Waals surface area contributed by atoms with E-state index in [1.54, 1.807) is 0 Å². The van der Waals surface area contributed by atoms with E-state index in [1.807, 2.05) is 5.92 Å². The number of rotatable bonds is 1. The monoisotopic (exact) mass is 162 g/mol. The quantitative estimate of drug-likeness (QED) is 0.249. The molecular weight excluding hydrogens is 150 g/mol. The first-order chi connectivity index (χ1) is 5.34. The molecule has 0 aromatic heterocycles. The van der Waals surface area contributed by atoms with Crippen LogP contribution in [-0.4, -0.2) is 18.9 Å².